The number of nitrogens with one attached hydrogen (secondary N) is 1. The van der Waals surface area contributed by atoms with E-state index in [2.05, 4.69) is 5.32 Å². The van der Waals surface area contributed by atoms with E-state index in [1.165, 1.54) is 23.1 Å². The van der Waals surface area contributed by atoms with E-state index >= 15 is 0 Å². The summed E-state index contributed by atoms with van der Waals surface area (Å²) in [5.74, 6) is -0.789. The lowest BCUT2D eigenvalue weighted by atomic mass is 10.1. The Kier molecular flexibility index (Phi) is 9.72. The van der Waals surface area contributed by atoms with E-state index in [9.17, 15) is 18.0 Å². The van der Waals surface area contributed by atoms with Gasteiger partial charge in [-0.2, -0.15) is 0 Å². The molecule has 0 radical (unpaired) electrons. The maximum atomic E-state index is 13.9. The first kappa shape index (κ1) is 28.2. The number of halogens is 1. The second-order valence-corrected chi connectivity index (χ2v) is 10.9. The minimum Gasteiger partial charge on any atom is -0.355 e. The van der Waals surface area contributed by atoms with Gasteiger partial charge in [-0.25, -0.2) is 8.42 Å². The molecule has 0 spiro atoms. The molecular weight excluding hydrogens is 510 g/mol. The van der Waals surface area contributed by atoms with Gasteiger partial charge in [0.2, 0.25) is 11.8 Å². The summed E-state index contributed by atoms with van der Waals surface area (Å²) in [6.07, 6.45) is 0.367. The molecule has 0 bridgehead atoms. The third-order valence-corrected chi connectivity index (χ3v) is 8.18. The monoisotopic (exact) mass is 541 g/mol. The van der Waals surface area contributed by atoms with Crippen molar-refractivity contribution in [3.05, 3.63) is 95.0 Å². The SMILES string of the molecule is CCNC(=O)[C@H](CC)N(Cc1ccccc1)C(=O)CN(c1ccc(C)c(Cl)c1)S(=O)(=O)c1ccccc1. The number of carbonyl (C=O) groups excluding carboxylic acids is 2. The Balaban J connectivity index is 2.06. The number of carbonyl (C=O) groups is 2. The molecule has 0 unspecified atom stereocenters. The lowest BCUT2D eigenvalue weighted by Gasteiger charge is -2.33. The van der Waals surface area contributed by atoms with Crippen LogP contribution < -0.4 is 9.62 Å². The lowest BCUT2D eigenvalue weighted by molar-refractivity contribution is -0.140. The van der Waals surface area contributed by atoms with E-state index in [1.54, 1.807) is 30.3 Å². The molecule has 3 rings (SSSR count). The van der Waals surface area contributed by atoms with Crippen LogP contribution in [0, 0.1) is 6.92 Å². The van der Waals surface area contributed by atoms with E-state index in [1.807, 2.05) is 51.1 Å². The smallest absolute Gasteiger partial charge is 0.264 e. The topological polar surface area (TPSA) is 86.8 Å². The number of sulfonamides is 1. The van der Waals surface area contributed by atoms with Gasteiger partial charge in [0.15, 0.2) is 0 Å². The van der Waals surface area contributed by atoms with Gasteiger partial charge in [-0.15, -0.1) is 0 Å². The molecule has 37 heavy (non-hydrogen) atoms. The Morgan fingerprint density at radius 3 is 2.14 bits per heavy atom. The molecule has 1 N–H and O–H groups in total. The van der Waals surface area contributed by atoms with Crippen molar-refractivity contribution in [3.8, 4) is 0 Å². The highest BCUT2D eigenvalue weighted by Gasteiger charge is 2.33. The average Bonchev–Trinajstić information content (AvgIpc) is 2.90. The second-order valence-electron chi connectivity index (χ2n) is 8.58. The average molecular weight is 542 g/mol. The maximum absolute atomic E-state index is 13.9. The molecule has 0 saturated heterocycles. The molecule has 0 aliphatic carbocycles. The molecule has 0 fully saturated rings. The number of hydrogen-bond acceptors (Lipinski definition) is 4. The maximum Gasteiger partial charge on any atom is 0.264 e. The number of anilines is 1. The second kappa shape index (κ2) is 12.7. The quantitative estimate of drug-likeness (QED) is 0.378. The van der Waals surface area contributed by atoms with Crippen LogP contribution in [0.2, 0.25) is 5.02 Å². The molecule has 0 aliphatic heterocycles. The molecule has 2 amide bonds. The van der Waals surface area contributed by atoms with Gasteiger partial charge in [-0.05, 0) is 55.7 Å². The number of aryl methyl sites for hydroxylation is 1. The standard InChI is InChI=1S/C28H32ClN3O4S/c1-4-26(28(34)30-5-2)31(19-22-12-8-6-9-13-22)27(33)20-32(23-17-16-21(3)25(29)18-23)37(35,36)24-14-10-7-11-15-24/h6-18,26H,4-5,19-20H2,1-3H3,(H,30,34)/t26-/m0/s1. The molecule has 0 aromatic heterocycles. The summed E-state index contributed by atoms with van der Waals surface area (Å²) in [4.78, 5) is 28.3. The third-order valence-electron chi connectivity index (χ3n) is 5.99. The molecule has 7 nitrogen and oxygen atoms in total. The fraction of sp³-hybridized carbons (Fsp3) is 0.286. The van der Waals surface area contributed by atoms with Crippen LogP contribution in [0.5, 0.6) is 0 Å². The number of amides is 2. The molecule has 9 heteroatoms. The summed E-state index contributed by atoms with van der Waals surface area (Å²) in [5.41, 5.74) is 1.87. The molecule has 0 heterocycles. The summed E-state index contributed by atoms with van der Waals surface area (Å²) >= 11 is 6.34. The minimum atomic E-state index is -4.12. The number of likely N-dealkylation sites (N-methyl/N-ethyl adjacent to an activating group) is 1. The predicted molar refractivity (Wildman–Crippen MR) is 147 cm³/mol. The summed E-state index contributed by atoms with van der Waals surface area (Å²) < 4.78 is 28.6. The number of nitrogens with zero attached hydrogens (tertiary/aromatic N) is 2. The fourth-order valence-electron chi connectivity index (χ4n) is 3.98. The number of hydrogen-bond donors (Lipinski definition) is 1. The number of rotatable bonds is 11. The largest absolute Gasteiger partial charge is 0.355 e. The summed E-state index contributed by atoms with van der Waals surface area (Å²) in [6, 6.07) is 21.3. The Labute approximate surface area is 224 Å². The van der Waals surface area contributed by atoms with Crippen LogP contribution in [-0.4, -0.2) is 44.3 Å². The molecule has 3 aromatic carbocycles. The van der Waals surface area contributed by atoms with Gasteiger partial charge in [-0.3, -0.25) is 13.9 Å². The summed E-state index contributed by atoms with van der Waals surface area (Å²) in [5, 5.41) is 3.17. The van der Waals surface area contributed by atoms with Crippen LogP contribution in [0.15, 0.2) is 83.8 Å². The first-order valence-corrected chi connectivity index (χ1v) is 14.0. The molecule has 196 valence electrons. The van der Waals surface area contributed by atoms with Crippen molar-refractivity contribution in [1.29, 1.82) is 0 Å². The van der Waals surface area contributed by atoms with Crippen LogP contribution in [-0.2, 0) is 26.2 Å². The zero-order valence-corrected chi connectivity index (χ0v) is 22.8. The third kappa shape index (κ3) is 6.90. The number of benzene rings is 3. The van der Waals surface area contributed by atoms with Crippen LogP contribution in [0.25, 0.3) is 0 Å². The van der Waals surface area contributed by atoms with Crippen molar-refractivity contribution in [2.24, 2.45) is 0 Å². The Morgan fingerprint density at radius 2 is 1.57 bits per heavy atom. The van der Waals surface area contributed by atoms with E-state index < -0.39 is 28.5 Å². The van der Waals surface area contributed by atoms with Crippen LogP contribution in [0.4, 0.5) is 5.69 Å². The molecule has 1 atom stereocenters. The van der Waals surface area contributed by atoms with Crippen molar-refractivity contribution in [1.82, 2.24) is 10.2 Å². The van der Waals surface area contributed by atoms with Crippen molar-refractivity contribution in [2.45, 2.75) is 44.7 Å². The zero-order chi connectivity index (χ0) is 27.0. The van der Waals surface area contributed by atoms with Gasteiger partial charge in [0.05, 0.1) is 10.6 Å². The molecule has 3 aromatic rings. The first-order valence-electron chi connectivity index (χ1n) is 12.1. The highest BCUT2D eigenvalue weighted by Crippen LogP contribution is 2.28. The van der Waals surface area contributed by atoms with Gasteiger partial charge < -0.3 is 10.2 Å². The Hall–Kier alpha value is -3.36. The molecule has 0 saturated carbocycles. The molecular formula is C28H32ClN3O4S. The van der Waals surface area contributed by atoms with Crippen LogP contribution >= 0.6 is 11.6 Å². The fourth-order valence-corrected chi connectivity index (χ4v) is 5.58. The van der Waals surface area contributed by atoms with Gasteiger partial charge in [0, 0.05) is 18.1 Å². The minimum absolute atomic E-state index is 0.0462. The van der Waals surface area contributed by atoms with Gasteiger partial charge >= 0.3 is 0 Å². The predicted octanol–water partition coefficient (Wildman–Crippen LogP) is 4.79. The van der Waals surface area contributed by atoms with Crippen molar-refractivity contribution >= 4 is 39.1 Å². The van der Waals surface area contributed by atoms with Crippen LogP contribution in [0.1, 0.15) is 31.4 Å². The summed E-state index contributed by atoms with van der Waals surface area (Å²) in [6.45, 7) is 5.52. The van der Waals surface area contributed by atoms with Gasteiger partial charge in [-0.1, -0.05) is 73.1 Å². The zero-order valence-electron chi connectivity index (χ0n) is 21.2. The first-order chi connectivity index (χ1) is 17.7. The normalized spacial score (nSPS) is 12.0. The highest BCUT2D eigenvalue weighted by molar-refractivity contribution is 7.92. The lowest BCUT2D eigenvalue weighted by Crippen LogP contribution is -2.52. The van der Waals surface area contributed by atoms with E-state index in [0.29, 0.717) is 18.0 Å². The van der Waals surface area contributed by atoms with E-state index in [-0.39, 0.29) is 23.0 Å². The summed E-state index contributed by atoms with van der Waals surface area (Å²) in [7, 11) is -4.12. The van der Waals surface area contributed by atoms with Gasteiger partial charge in [0.25, 0.3) is 10.0 Å². The Bertz CT molecular complexity index is 1320. The van der Waals surface area contributed by atoms with Crippen molar-refractivity contribution in [2.75, 3.05) is 17.4 Å². The van der Waals surface area contributed by atoms with Crippen molar-refractivity contribution < 1.29 is 18.0 Å². The molecule has 0 aliphatic rings. The van der Waals surface area contributed by atoms with E-state index in [4.69, 9.17) is 11.6 Å². The van der Waals surface area contributed by atoms with Crippen LogP contribution in [0.3, 0.4) is 0 Å². The van der Waals surface area contributed by atoms with E-state index in [0.717, 1.165) is 15.4 Å². The van der Waals surface area contributed by atoms with Gasteiger partial charge in [0.1, 0.15) is 12.6 Å². The Morgan fingerprint density at radius 1 is 0.946 bits per heavy atom. The van der Waals surface area contributed by atoms with Crippen molar-refractivity contribution in [3.63, 3.8) is 0 Å². The highest BCUT2D eigenvalue weighted by atomic mass is 35.5.